The molecule has 0 aliphatic carbocycles. The Balaban J connectivity index is 2.04. The van der Waals surface area contributed by atoms with Gasteiger partial charge in [-0.1, -0.05) is 5.16 Å². The van der Waals surface area contributed by atoms with E-state index in [0.717, 1.165) is 15.9 Å². The highest BCUT2D eigenvalue weighted by molar-refractivity contribution is 9.10. The third-order valence-electron chi connectivity index (χ3n) is 1.82. The highest BCUT2D eigenvalue weighted by atomic mass is 79.9. The van der Waals surface area contributed by atoms with Crippen LogP contribution in [0.25, 0.3) is 0 Å². The van der Waals surface area contributed by atoms with E-state index in [-0.39, 0.29) is 0 Å². The molecule has 80 valence electrons. The van der Waals surface area contributed by atoms with Gasteiger partial charge in [0.15, 0.2) is 5.76 Å². The third kappa shape index (κ3) is 2.66. The molecule has 0 spiro atoms. The Morgan fingerprint density at radius 2 is 2.47 bits per heavy atom. The predicted molar refractivity (Wildman–Crippen MR) is 56.2 cm³/mol. The fourth-order valence-corrected chi connectivity index (χ4v) is 1.56. The number of nitrogens with zero attached hydrogens (tertiary/aromatic N) is 3. The summed E-state index contributed by atoms with van der Waals surface area (Å²) in [4.78, 5) is 0. The SMILES string of the molecule is COCc1cc(Cn2cc(Br)cn2)no1. The molecule has 0 radical (unpaired) electrons. The Kier molecular flexibility index (Phi) is 3.17. The molecule has 5 nitrogen and oxygen atoms in total. The zero-order valence-electron chi connectivity index (χ0n) is 8.18. The molecule has 0 bridgehead atoms. The molecule has 15 heavy (non-hydrogen) atoms. The van der Waals surface area contributed by atoms with Crippen LogP contribution in [0.2, 0.25) is 0 Å². The monoisotopic (exact) mass is 271 g/mol. The van der Waals surface area contributed by atoms with Crippen molar-refractivity contribution in [2.75, 3.05) is 7.11 Å². The maximum absolute atomic E-state index is 5.06. The maximum Gasteiger partial charge on any atom is 0.162 e. The molecule has 0 aliphatic rings. The lowest BCUT2D eigenvalue weighted by Crippen LogP contribution is -1.99. The van der Waals surface area contributed by atoms with Crippen LogP contribution in [0.15, 0.2) is 27.5 Å². The zero-order valence-corrected chi connectivity index (χ0v) is 9.77. The normalized spacial score (nSPS) is 10.8. The summed E-state index contributed by atoms with van der Waals surface area (Å²) in [5, 5.41) is 8.03. The average molecular weight is 272 g/mol. The van der Waals surface area contributed by atoms with E-state index in [4.69, 9.17) is 9.26 Å². The third-order valence-corrected chi connectivity index (χ3v) is 2.23. The number of methoxy groups -OCH3 is 1. The Morgan fingerprint density at radius 3 is 3.13 bits per heavy atom. The number of rotatable bonds is 4. The number of ether oxygens (including phenoxy) is 1. The summed E-state index contributed by atoms with van der Waals surface area (Å²) in [6, 6.07) is 1.86. The lowest BCUT2D eigenvalue weighted by Gasteiger charge is -1.94. The molecule has 6 heteroatoms. The van der Waals surface area contributed by atoms with Crippen molar-refractivity contribution in [3.8, 4) is 0 Å². The molecule has 0 aliphatic heterocycles. The first-order valence-corrected chi connectivity index (χ1v) is 5.18. The van der Waals surface area contributed by atoms with Gasteiger partial charge >= 0.3 is 0 Å². The Hall–Kier alpha value is -1.14. The molecule has 0 saturated heterocycles. The van der Waals surface area contributed by atoms with E-state index >= 15 is 0 Å². The minimum atomic E-state index is 0.440. The maximum atomic E-state index is 5.06. The zero-order chi connectivity index (χ0) is 10.7. The van der Waals surface area contributed by atoms with E-state index in [0.29, 0.717) is 13.2 Å². The van der Waals surface area contributed by atoms with Crippen molar-refractivity contribution in [3.05, 3.63) is 34.4 Å². The van der Waals surface area contributed by atoms with E-state index < -0.39 is 0 Å². The Labute approximate surface area is 95.1 Å². The van der Waals surface area contributed by atoms with Crippen LogP contribution in [0.5, 0.6) is 0 Å². The molecule has 0 aromatic carbocycles. The molecule has 0 atom stereocenters. The molecule has 2 heterocycles. The first-order valence-electron chi connectivity index (χ1n) is 4.39. The van der Waals surface area contributed by atoms with Gasteiger partial charge in [-0.3, -0.25) is 4.68 Å². The standard InChI is InChI=1S/C9H10BrN3O2/c1-14-6-9-2-8(12-15-9)5-13-4-7(10)3-11-13/h2-4H,5-6H2,1H3. The smallest absolute Gasteiger partial charge is 0.162 e. The van der Waals surface area contributed by atoms with Gasteiger partial charge in [-0.2, -0.15) is 5.10 Å². The highest BCUT2D eigenvalue weighted by Gasteiger charge is 2.05. The van der Waals surface area contributed by atoms with Crippen molar-refractivity contribution >= 4 is 15.9 Å². The van der Waals surface area contributed by atoms with Gasteiger partial charge in [0, 0.05) is 19.4 Å². The van der Waals surface area contributed by atoms with E-state index in [1.54, 1.807) is 18.0 Å². The van der Waals surface area contributed by atoms with Crippen molar-refractivity contribution in [2.24, 2.45) is 0 Å². The molecule has 0 amide bonds. The molecule has 2 aromatic rings. The lowest BCUT2D eigenvalue weighted by atomic mass is 10.4. The molecule has 0 unspecified atom stereocenters. The molecule has 0 N–H and O–H groups in total. The first kappa shape index (κ1) is 10.4. The molecule has 2 aromatic heterocycles. The van der Waals surface area contributed by atoms with Gasteiger partial charge in [0.1, 0.15) is 12.3 Å². The van der Waals surface area contributed by atoms with Crippen LogP contribution < -0.4 is 0 Å². The molecule has 0 saturated carbocycles. The number of hydrogen-bond donors (Lipinski definition) is 0. The molecule has 0 fully saturated rings. The number of hydrogen-bond acceptors (Lipinski definition) is 4. The van der Waals surface area contributed by atoms with Crippen LogP contribution in [-0.2, 0) is 17.9 Å². The van der Waals surface area contributed by atoms with Crippen molar-refractivity contribution in [1.82, 2.24) is 14.9 Å². The van der Waals surface area contributed by atoms with Gasteiger partial charge in [0.25, 0.3) is 0 Å². The quantitative estimate of drug-likeness (QED) is 0.852. The van der Waals surface area contributed by atoms with Gasteiger partial charge in [-0.05, 0) is 15.9 Å². The van der Waals surface area contributed by atoms with Crippen LogP contribution in [0.4, 0.5) is 0 Å². The molecule has 2 rings (SSSR count). The van der Waals surface area contributed by atoms with Gasteiger partial charge in [0.2, 0.25) is 0 Å². The van der Waals surface area contributed by atoms with Crippen LogP contribution in [-0.4, -0.2) is 22.0 Å². The minimum Gasteiger partial charge on any atom is -0.377 e. The largest absolute Gasteiger partial charge is 0.377 e. The minimum absolute atomic E-state index is 0.440. The van der Waals surface area contributed by atoms with Crippen LogP contribution in [0.1, 0.15) is 11.5 Å². The van der Waals surface area contributed by atoms with Gasteiger partial charge in [-0.15, -0.1) is 0 Å². The lowest BCUT2D eigenvalue weighted by molar-refractivity contribution is 0.155. The molecular formula is C9H10BrN3O2. The highest BCUT2D eigenvalue weighted by Crippen LogP contribution is 2.09. The van der Waals surface area contributed by atoms with E-state index in [2.05, 4.69) is 26.2 Å². The van der Waals surface area contributed by atoms with Gasteiger partial charge in [-0.25, -0.2) is 0 Å². The summed E-state index contributed by atoms with van der Waals surface area (Å²) < 4.78 is 12.7. The number of aromatic nitrogens is 3. The summed E-state index contributed by atoms with van der Waals surface area (Å²) >= 11 is 3.33. The van der Waals surface area contributed by atoms with Crippen molar-refractivity contribution < 1.29 is 9.26 Å². The first-order chi connectivity index (χ1) is 7.28. The average Bonchev–Trinajstić information content (AvgIpc) is 2.78. The number of halogens is 1. The van der Waals surface area contributed by atoms with Gasteiger partial charge in [0.05, 0.1) is 17.2 Å². The van der Waals surface area contributed by atoms with Crippen molar-refractivity contribution in [2.45, 2.75) is 13.2 Å². The second-order valence-electron chi connectivity index (χ2n) is 3.07. The predicted octanol–water partition coefficient (Wildman–Crippen LogP) is 1.83. The van der Waals surface area contributed by atoms with Crippen molar-refractivity contribution in [1.29, 1.82) is 0 Å². The van der Waals surface area contributed by atoms with Crippen LogP contribution in [0.3, 0.4) is 0 Å². The second-order valence-corrected chi connectivity index (χ2v) is 3.99. The summed E-state index contributed by atoms with van der Waals surface area (Å²) in [7, 11) is 1.62. The fraction of sp³-hybridized carbons (Fsp3) is 0.333. The van der Waals surface area contributed by atoms with E-state index in [1.807, 2.05) is 12.3 Å². The Morgan fingerprint density at radius 1 is 1.60 bits per heavy atom. The summed E-state index contributed by atoms with van der Waals surface area (Å²) in [5.74, 6) is 0.721. The van der Waals surface area contributed by atoms with Crippen LogP contribution in [0, 0.1) is 0 Å². The van der Waals surface area contributed by atoms with Crippen LogP contribution >= 0.6 is 15.9 Å². The van der Waals surface area contributed by atoms with Crippen molar-refractivity contribution in [3.63, 3.8) is 0 Å². The Bertz CT molecular complexity index is 438. The summed E-state index contributed by atoms with van der Waals surface area (Å²) in [6.45, 7) is 1.04. The topological polar surface area (TPSA) is 53.1 Å². The van der Waals surface area contributed by atoms with Gasteiger partial charge < -0.3 is 9.26 Å². The second kappa shape index (κ2) is 4.59. The van der Waals surface area contributed by atoms with E-state index in [1.165, 1.54) is 0 Å². The fourth-order valence-electron chi connectivity index (χ4n) is 1.23. The molecular weight excluding hydrogens is 262 g/mol. The summed E-state index contributed by atoms with van der Waals surface area (Å²) in [6.07, 6.45) is 3.61. The summed E-state index contributed by atoms with van der Waals surface area (Å²) in [5.41, 5.74) is 0.831. The van der Waals surface area contributed by atoms with E-state index in [9.17, 15) is 0 Å².